The average molecular weight is 783 g/mol. The van der Waals surface area contributed by atoms with Crippen molar-refractivity contribution in [2.24, 2.45) is 5.16 Å². The molecule has 2 aromatic heterocycles. The van der Waals surface area contributed by atoms with Gasteiger partial charge >= 0.3 is 11.9 Å². The number of nitrogens with zero attached hydrogens (tertiary/aromatic N) is 5. The van der Waals surface area contributed by atoms with E-state index in [9.17, 15) is 39.6 Å². The van der Waals surface area contributed by atoms with Gasteiger partial charge in [-0.1, -0.05) is 53.7 Å². The van der Waals surface area contributed by atoms with Gasteiger partial charge in [-0.25, -0.2) is 19.6 Å². The molecule has 0 spiro atoms. The van der Waals surface area contributed by atoms with E-state index in [1.807, 2.05) is 53.1 Å². The van der Waals surface area contributed by atoms with Crippen LogP contribution in [-0.4, -0.2) is 87.5 Å². The smallest absolute Gasteiger partial charge is 0.352 e. The number of nitrogens with two attached hydrogens (primary N) is 1. The number of thiazole rings is 1. The molecule has 280 valence electrons. The van der Waals surface area contributed by atoms with Crippen LogP contribution < -0.4 is 15.6 Å². The molecule has 0 saturated carbocycles. The average Bonchev–Trinajstić information content (AvgIpc) is 3.59. The summed E-state index contributed by atoms with van der Waals surface area (Å²) in [5.74, 6) is -4.48. The Morgan fingerprint density at radius 1 is 1.04 bits per heavy atom. The molecule has 18 heteroatoms. The monoisotopic (exact) mass is 782 g/mol. The first-order valence-corrected chi connectivity index (χ1v) is 18.5. The lowest BCUT2D eigenvalue weighted by Crippen LogP contribution is -2.71. The van der Waals surface area contributed by atoms with E-state index in [0.29, 0.717) is 23.2 Å². The lowest BCUT2D eigenvalue weighted by molar-refractivity contribution is -0.636. The molecule has 3 aromatic carbocycles. The second-order valence-corrected chi connectivity index (χ2v) is 15.0. The number of aromatic nitrogens is 3. The second kappa shape index (κ2) is 14.4. The molecule has 2 unspecified atom stereocenters. The lowest BCUT2D eigenvalue weighted by Gasteiger charge is -2.49. The van der Waals surface area contributed by atoms with Crippen LogP contribution in [0.1, 0.15) is 30.7 Å². The number of thioether (sulfide) groups is 1. The minimum Gasteiger partial charge on any atom is -0.504 e. The number of anilines is 1. The van der Waals surface area contributed by atoms with Gasteiger partial charge in [0.05, 0.1) is 6.07 Å². The van der Waals surface area contributed by atoms with Crippen LogP contribution in [0.4, 0.5) is 5.13 Å². The molecule has 16 nitrogen and oxygen atoms in total. The first-order chi connectivity index (χ1) is 26.2. The normalized spacial score (nSPS) is 17.4. The van der Waals surface area contributed by atoms with Gasteiger partial charge in [0.15, 0.2) is 28.9 Å². The highest BCUT2D eigenvalue weighted by molar-refractivity contribution is 8.00. The van der Waals surface area contributed by atoms with Crippen LogP contribution in [0.15, 0.2) is 88.5 Å². The van der Waals surface area contributed by atoms with E-state index in [1.54, 1.807) is 12.2 Å². The van der Waals surface area contributed by atoms with Crippen molar-refractivity contribution in [2.75, 3.05) is 11.5 Å². The molecule has 2 aliphatic heterocycles. The van der Waals surface area contributed by atoms with Gasteiger partial charge in [-0.2, -0.15) is 4.57 Å². The molecular weight excluding hydrogens is 751 g/mol. The van der Waals surface area contributed by atoms with Crippen LogP contribution >= 0.6 is 23.1 Å². The summed E-state index contributed by atoms with van der Waals surface area (Å²) < 4.78 is 2.00. The van der Waals surface area contributed by atoms with Gasteiger partial charge in [-0.05, 0) is 31.1 Å². The number of hydrogen-bond donors (Lipinski definition) is 6. The number of aromatic hydroxyl groups is 2. The zero-order chi connectivity index (χ0) is 39.2. The molecule has 0 bridgehead atoms. The number of nitrogen functional groups attached to an aromatic ring is 1. The van der Waals surface area contributed by atoms with E-state index < -0.39 is 46.5 Å². The van der Waals surface area contributed by atoms with E-state index in [4.69, 9.17) is 10.6 Å². The van der Waals surface area contributed by atoms with Crippen molar-refractivity contribution in [3.63, 3.8) is 0 Å². The molecule has 7 N–H and O–H groups in total. The Labute approximate surface area is 319 Å². The van der Waals surface area contributed by atoms with Crippen molar-refractivity contribution in [3.8, 4) is 11.5 Å². The van der Waals surface area contributed by atoms with Gasteiger partial charge in [-0.15, -0.1) is 23.1 Å². The topological polar surface area (TPSA) is 242 Å². The van der Waals surface area contributed by atoms with Crippen LogP contribution in [0.25, 0.3) is 28.1 Å². The Morgan fingerprint density at radius 2 is 1.76 bits per heavy atom. The largest absolute Gasteiger partial charge is 0.504 e. The summed E-state index contributed by atoms with van der Waals surface area (Å²) >= 11 is 2.28. The fraction of sp³-hybridized carbons (Fsp3) is 0.189. The molecule has 2 aliphatic rings. The number of β-lactam (4-membered cyclic amide) rings is 1. The van der Waals surface area contributed by atoms with E-state index >= 15 is 0 Å². The second-order valence-electron chi connectivity index (χ2n) is 13.0. The summed E-state index contributed by atoms with van der Waals surface area (Å²) in [4.78, 5) is 65.7. The molecule has 5 aromatic rings. The molecule has 2 atom stereocenters. The number of para-hydroxylation sites is 2. The third-order valence-corrected chi connectivity index (χ3v) is 10.9. The Bertz CT molecular complexity index is 2510. The Hall–Kier alpha value is -6.53. The van der Waals surface area contributed by atoms with Crippen molar-refractivity contribution in [1.82, 2.24) is 20.2 Å². The molecule has 2 amide bonds. The van der Waals surface area contributed by atoms with Crippen LogP contribution in [-0.2, 0) is 30.6 Å². The molecule has 1 fully saturated rings. The van der Waals surface area contributed by atoms with Gasteiger partial charge in [0.25, 0.3) is 11.8 Å². The number of phenols is 2. The van der Waals surface area contributed by atoms with Gasteiger partial charge in [0.2, 0.25) is 16.6 Å². The Kier molecular flexibility index (Phi) is 9.62. The number of rotatable bonds is 11. The zero-order valence-electron chi connectivity index (χ0n) is 29.0. The maximum Gasteiger partial charge on any atom is 0.352 e. The number of nitrogens with one attached hydrogen (secondary N) is 1. The van der Waals surface area contributed by atoms with E-state index in [-0.39, 0.29) is 33.8 Å². The molecule has 0 aliphatic carbocycles. The molecule has 7 rings (SSSR count). The summed E-state index contributed by atoms with van der Waals surface area (Å²) in [6, 6.07) is 16.9. The van der Waals surface area contributed by atoms with Crippen molar-refractivity contribution in [1.29, 1.82) is 0 Å². The number of allylic oxidation sites excluding steroid dienone is 1. The highest BCUT2D eigenvalue weighted by Gasteiger charge is 2.54. The number of phenolic OH excluding ortho intramolecular Hbond substituents is 2. The predicted molar refractivity (Wildman–Crippen MR) is 203 cm³/mol. The molecule has 55 heavy (non-hydrogen) atoms. The summed E-state index contributed by atoms with van der Waals surface area (Å²) in [6.07, 6.45) is 3.40. The summed E-state index contributed by atoms with van der Waals surface area (Å²) in [7, 11) is 0. The van der Waals surface area contributed by atoms with Crippen LogP contribution in [0.5, 0.6) is 11.5 Å². The highest BCUT2D eigenvalue weighted by atomic mass is 32.2. The highest BCUT2D eigenvalue weighted by Crippen LogP contribution is 2.41. The standard InChI is InChI=1S/C37H31N7O9S2/c1-37(2,35(51)52)53-42-28(23-17-55-36(38)40-23)31(47)41-29-32(48)44-30(34(49)50)20(16-54-33(29)44)12-11-18-7-9-19(10-8-18)15-43-24-6-4-3-5-21(24)39-22-13-26(45)27(46)14-25(22)43/h3-14,17,29,33H,15-16H2,1-2H3,(H6,38,39,40,41,45,47,49,50,51,52)/p+1/b12-11+,42-28-. The number of oxime groups is 1. The van der Waals surface area contributed by atoms with Gasteiger partial charge in [0.1, 0.15) is 33.8 Å². The molecule has 4 heterocycles. The van der Waals surface area contributed by atoms with E-state index in [1.165, 1.54) is 43.1 Å². The number of carbonyl (C=O) groups excluding carboxylic acids is 2. The number of aliphatic carboxylic acids is 2. The summed E-state index contributed by atoms with van der Waals surface area (Å²) in [5.41, 5.74) is 8.14. The van der Waals surface area contributed by atoms with Crippen LogP contribution in [0.3, 0.4) is 0 Å². The van der Waals surface area contributed by atoms with E-state index in [0.717, 1.165) is 38.4 Å². The maximum atomic E-state index is 13.4. The quantitative estimate of drug-likeness (QED) is 0.0282. The number of hydrogen-bond acceptors (Lipinski definition) is 13. The summed E-state index contributed by atoms with van der Waals surface area (Å²) in [5, 5.41) is 47.0. The van der Waals surface area contributed by atoms with Crippen LogP contribution in [0, 0.1) is 0 Å². The van der Waals surface area contributed by atoms with Crippen molar-refractivity contribution < 1.29 is 49.0 Å². The fourth-order valence-electron chi connectivity index (χ4n) is 5.97. The number of carboxylic acid groups (broad SMARTS) is 2. The first kappa shape index (κ1) is 36.8. The van der Waals surface area contributed by atoms with Crippen molar-refractivity contribution in [3.05, 3.63) is 100 Å². The summed E-state index contributed by atoms with van der Waals surface area (Å²) in [6.45, 7) is 2.91. The molecule has 1 saturated heterocycles. The predicted octanol–water partition coefficient (Wildman–Crippen LogP) is 3.21. The van der Waals surface area contributed by atoms with Gasteiger partial charge in [-0.3, -0.25) is 14.5 Å². The SMILES string of the molecule is CC(C)(O/N=C(\C(=O)NC1C(=O)N2C(C(=O)O)=C(/C=C/c3ccc(C[n+]4c5ccccc5nc5cc(O)c(O)cc54)cc3)CSC12)c1csc(N)n1)C(=O)O. The van der Waals surface area contributed by atoms with Crippen LogP contribution in [0.2, 0.25) is 0 Å². The lowest BCUT2D eigenvalue weighted by atomic mass is 10.0. The Balaban J connectivity index is 1.08. The van der Waals surface area contributed by atoms with Crippen molar-refractivity contribution in [2.45, 2.75) is 37.4 Å². The Morgan fingerprint density at radius 3 is 2.45 bits per heavy atom. The molecule has 0 radical (unpaired) electrons. The number of amides is 2. The number of fused-ring (bicyclic) bond motifs is 3. The van der Waals surface area contributed by atoms with Gasteiger partial charge < -0.3 is 36.3 Å². The number of carboxylic acids is 2. The van der Waals surface area contributed by atoms with Gasteiger partial charge in [0, 0.05) is 28.8 Å². The zero-order valence-corrected chi connectivity index (χ0v) is 30.7. The third kappa shape index (κ3) is 7.11. The first-order valence-electron chi connectivity index (χ1n) is 16.6. The number of benzene rings is 3. The number of carbonyl (C=O) groups is 4. The fourth-order valence-corrected chi connectivity index (χ4v) is 7.84. The minimum atomic E-state index is -1.79. The molecular formula is C37H32N7O9S2+. The van der Waals surface area contributed by atoms with E-state index in [2.05, 4.69) is 20.4 Å². The third-order valence-electron chi connectivity index (χ3n) is 8.92. The minimum absolute atomic E-state index is 0.00670. The van der Waals surface area contributed by atoms with Crippen molar-refractivity contribution >= 4 is 85.8 Å². The maximum absolute atomic E-state index is 13.4.